The molecule has 2 heterocycles. The maximum absolute atomic E-state index is 4.35. The van der Waals surface area contributed by atoms with E-state index in [2.05, 4.69) is 20.6 Å². The van der Waals surface area contributed by atoms with Crippen LogP contribution in [0, 0.1) is 0 Å². The summed E-state index contributed by atoms with van der Waals surface area (Å²) >= 11 is 1.53. The summed E-state index contributed by atoms with van der Waals surface area (Å²) in [7, 11) is 0. The fourth-order valence-electron chi connectivity index (χ4n) is 1.79. The third-order valence-electron chi connectivity index (χ3n) is 2.62. The van der Waals surface area contributed by atoms with E-state index in [9.17, 15) is 0 Å². The van der Waals surface area contributed by atoms with Crippen LogP contribution in [-0.2, 0) is 0 Å². The quantitative estimate of drug-likeness (QED) is 0.792. The third-order valence-corrected chi connectivity index (χ3v) is 3.52. The summed E-state index contributed by atoms with van der Waals surface area (Å²) in [6, 6.07) is 11.9. The molecule has 3 rings (SSSR count). The van der Waals surface area contributed by atoms with Crippen molar-refractivity contribution in [1.29, 1.82) is 0 Å². The predicted molar refractivity (Wildman–Crippen MR) is 76.6 cm³/mol. The monoisotopic (exact) mass is 271 g/mol. The first kappa shape index (κ1) is 11.9. The first-order chi connectivity index (χ1) is 9.38. The summed E-state index contributed by atoms with van der Waals surface area (Å²) in [6.45, 7) is 2.88. The van der Waals surface area contributed by atoms with Crippen molar-refractivity contribution in [2.75, 3.05) is 11.9 Å². The van der Waals surface area contributed by atoms with Gasteiger partial charge < -0.3 is 5.32 Å². The largest absolute Gasteiger partial charge is 0.360 e. The molecule has 0 spiro atoms. The van der Waals surface area contributed by atoms with Crippen LogP contribution >= 0.6 is 11.3 Å². The molecule has 96 valence electrons. The molecule has 0 fully saturated rings. The Balaban J connectivity index is 1.99. The SMILES string of the molecule is CCNc1nnc(-c2ccnn2-c2ccccc2)s1. The number of nitrogens with zero attached hydrogens (tertiary/aromatic N) is 4. The second-order valence-electron chi connectivity index (χ2n) is 3.91. The molecule has 1 aromatic carbocycles. The minimum absolute atomic E-state index is 0.832. The van der Waals surface area contributed by atoms with Gasteiger partial charge in [0.2, 0.25) is 5.13 Å². The van der Waals surface area contributed by atoms with Gasteiger partial charge in [-0.3, -0.25) is 0 Å². The summed E-state index contributed by atoms with van der Waals surface area (Å²) in [5.74, 6) is 0. The molecular formula is C13H13N5S. The van der Waals surface area contributed by atoms with Crippen molar-refractivity contribution in [2.45, 2.75) is 6.92 Å². The van der Waals surface area contributed by atoms with Crippen LogP contribution in [0.5, 0.6) is 0 Å². The molecule has 0 unspecified atom stereocenters. The zero-order chi connectivity index (χ0) is 13.1. The fourth-order valence-corrected chi connectivity index (χ4v) is 2.61. The zero-order valence-corrected chi connectivity index (χ0v) is 11.3. The lowest BCUT2D eigenvalue weighted by atomic mass is 10.3. The number of hydrogen-bond acceptors (Lipinski definition) is 5. The first-order valence-electron chi connectivity index (χ1n) is 6.05. The second kappa shape index (κ2) is 5.19. The Morgan fingerprint density at radius 3 is 2.79 bits per heavy atom. The highest BCUT2D eigenvalue weighted by molar-refractivity contribution is 7.18. The molecule has 0 radical (unpaired) electrons. The molecule has 0 saturated carbocycles. The minimum atomic E-state index is 0.832. The second-order valence-corrected chi connectivity index (χ2v) is 4.88. The van der Waals surface area contributed by atoms with Crippen LogP contribution in [-0.4, -0.2) is 26.5 Å². The summed E-state index contributed by atoms with van der Waals surface area (Å²) in [4.78, 5) is 0. The summed E-state index contributed by atoms with van der Waals surface area (Å²) < 4.78 is 1.87. The summed E-state index contributed by atoms with van der Waals surface area (Å²) in [6.07, 6.45) is 1.77. The molecule has 6 heteroatoms. The Labute approximate surface area is 114 Å². The van der Waals surface area contributed by atoms with Crippen LogP contribution in [0.2, 0.25) is 0 Å². The summed E-state index contributed by atoms with van der Waals surface area (Å²) in [5.41, 5.74) is 1.97. The fraction of sp³-hybridized carbons (Fsp3) is 0.154. The maximum Gasteiger partial charge on any atom is 0.206 e. The van der Waals surface area contributed by atoms with Gasteiger partial charge in [0.25, 0.3) is 0 Å². The van der Waals surface area contributed by atoms with E-state index in [0.29, 0.717) is 0 Å². The van der Waals surface area contributed by atoms with Gasteiger partial charge in [-0.05, 0) is 25.1 Å². The Morgan fingerprint density at radius 1 is 1.16 bits per heavy atom. The molecule has 0 aliphatic carbocycles. The topological polar surface area (TPSA) is 55.6 Å². The third kappa shape index (κ3) is 2.34. The van der Waals surface area contributed by atoms with Crippen molar-refractivity contribution in [3.05, 3.63) is 42.6 Å². The van der Waals surface area contributed by atoms with Crippen LogP contribution in [0.3, 0.4) is 0 Å². The molecule has 0 bridgehead atoms. The van der Waals surface area contributed by atoms with E-state index in [0.717, 1.165) is 28.1 Å². The molecule has 2 aromatic heterocycles. The smallest absolute Gasteiger partial charge is 0.206 e. The molecule has 5 nitrogen and oxygen atoms in total. The molecule has 19 heavy (non-hydrogen) atoms. The molecule has 1 N–H and O–H groups in total. The van der Waals surface area contributed by atoms with Gasteiger partial charge in [0.05, 0.1) is 11.9 Å². The van der Waals surface area contributed by atoms with Gasteiger partial charge in [-0.25, -0.2) is 4.68 Å². The van der Waals surface area contributed by atoms with Crippen LogP contribution in [0.4, 0.5) is 5.13 Å². The standard InChI is InChI=1S/C13H13N5S/c1-2-14-13-17-16-12(19-13)11-8-9-15-18(11)10-6-4-3-5-7-10/h3-9H,2H2,1H3,(H,14,17). The predicted octanol–water partition coefficient (Wildman–Crippen LogP) is 2.82. The van der Waals surface area contributed by atoms with E-state index in [-0.39, 0.29) is 0 Å². The molecule has 0 saturated heterocycles. The molecule has 3 aromatic rings. The van der Waals surface area contributed by atoms with E-state index >= 15 is 0 Å². The lowest BCUT2D eigenvalue weighted by Crippen LogP contribution is -1.97. The van der Waals surface area contributed by atoms with E-state index in [1.807, 2.05) is 48.0 Å². The molecular weight excluding hydrogens is 258 g/mol. The minimum Gasteiger partial charge on any atom is -0.360 e. The van der Waals surface area contributed by atoms with Gasteiger partial charge in [0.1, 0.15) is 5.69 Å². The number of para-hydroxylation sites is 1. The Bertz CT molecular complexity index is 658. The van der Waals surface area contributed by atoms with Crippen LogP contribution < -0.4 is 5.32 Å². The highest BCUT2D eigenvalue weighted by Crippen LogP contribution is 2.27. The van der Waals surface area contributed by atoms with Crippen molar-refractivity contribution in [3.63, 3.8) is 0 Å². The van der Waals surface area contributed by atoms with Crippen molar-refractivity contribution < 1.29 is 0 Å². The Hall–Kier alpha value is -2.21. The average molecular weight is 271 g/mol. The number of aromatic nitrogens is 4. The van der Waals surface area contributed by atoms with Gasteiger partial charge in [-0.2, -0.15) is 5.10 Å². The number of nitrogens with one attached hydrogen (secondary N) is 1. The van der Waals surface area contributed by atoms with Gasteiger partial charge in [-0.15, -0.1) is 10.2 Å². The van der Waals surface area contributed by atoms with Crippen molar-refractivity contribution in [1.82, 2.24) is 20.0 Å². The molecule has 0 aliphatic heterocycles. The van der Waals surface area contributed by atoms with Gasteiger partial charge in [-0.1, -0.05) is 29.5 Å². The highest BCUT2D eigenvalue weighted by Gasteiger charge is 2.12. The molecule has 0 aliphatic rings. The van der Waals surface area contributed by atoms with Crippen LogP contribution in [0.15, 0.2) is 42.6 Å². The van der Waals surface area contributed by atoms with Crippen LogP contribution in [0.25, 0.3) is 16.4 Å². The zero-order valence-electron chi connectivity index (χ0n) is 10.4. The summed E-state index contributed by atoms with van der Waals surface area (Å²) in [5, 5.41) is 17.5. The molecule has 0 atom stereocenters. The number of hydrogen-bond donors (Lipinski definition) is 1. The number of anilines is 1. The lowest BCUT2D eigenvalue weighted by molar-refractivity contribution is 0.883. The molecule has 0 amide bonds. The van der Waals surface area contributed by atoms with Gasteiger partial charge in [0.15, 0.2) is 5.01 Å². The van der Waals surface area contributed by atoms with E-state index < -0.39 is 0 Å². The van der Waals surface area contributed by atoms with Gasteiger partial charge in [0, 0.05) is 6.54 Å². The number of benzene rings is 1. The lowest BCUT2D eigenvalue weighted by Gasteiger charge is -2.04. The number of rotatable bonds is 4. The normalized spacial score (nSPS) is 10.6. The Morgan fingerprint density at radius 2 is 2.00 bits per heavy atom. The first-order valence-corrected chi connectivity index (χ1v) is 6.87. The Kier molecular flexibility index (Phi) is 3.24. The van der Waals surface area contributed by atoms with E-state index in [4.69, 9.17) is 0 Å². The van der Waals surface area contributed by atoms with Crippen molar-refractivity contribution in [3.8, 4) is 16.4 Å². The van der Waals surface area contributed by atoms with Crippen LogP contribution in [0.1, 0.15) is 6.92 Å². The maximum atomic E-state index is 4.35. The van der Waals surface area contributed by atoms with E-state index in [1.54, 1.807) is 6.20 Å². The van der Waals surface area contributed by atoms with Crippen molar-refractivity contribution in [2.24, 2.45) is 0 Å². The highest BCUT2D eigenvalue weighted by atomic mass is 32.1. The van der Waals surface area contributed by atoms with Gasteiger partial charge >= 0.3 is 0 Å². The van der Waals surface area contributed by atoms with Crippen molar-refractivity contribution >= 4 is 16.5 Å². The average Bonchev–Trinajstić information content (AvgIpc) is 3.08. The van der Waals surface area contributed by atoms with E-state index in [1.165, 1.54) is 11.3 Å².